The van der Waals surface area contributed by atoms with E-state index in [-0.39, 0.29) is 18.4 Å². The highest BCUT2D eigenvalue weighted by atomic mass is 16.5. The molecule has 2 aromatic carbocycles. The summed E-state index contributed by atoms with van der Waals surface area (Å²) in [6.45, 7) is 1.67. The minimum Gasteiger partial charge on any atom is -0.366 e. The van der Waals surface area contributed by atoms with Crippen LogP contribution < -0.4 is 11.1 Å². The quantitative estimate of drug-likeness (QED) is 0.635. The molecule has 0 radical (unpaired) electrons. The SMILES string of the molecule is NC(=O)c1ccc(NC(=O)CN2CC(c3nc(Cc4ccccc4)no3)C2)cc1. The van der Waals surface area contributed by atoms with Crippen LogP contribution >= 0.6 is 0 Å². The van der Waals surface area contributed by atoms with E-state index in [1.807, 2.05) is 35.2 Å². The molecule has 148 valence electrons. The van der Waals surface area contributed by atoms with Gasteiger partial charge >= 0.3 is 0 Å². The standard InChI is InChI=1S/C21H21N5O3/c22-20(28)15-6-8-17(9-7-15)23-19(27)13-26-11-16(12-26)21-24-18(25-29-21)10-14-4-2-1-3-5-14/h1-9,16H,10-13H2,(H2,22,28)(H,23,27). The minimum absolute atomic E-state index is 0.120. The van der Waals surface area contributed by atoms with E-state index < -0.39 is 5.91 Å². The number of primary amides is 1. The topological polar surface area (TPSA) is 114 Å². The first-order chi connectivity index (χ1) is 14.1. The zero-order chi connectivity index (χ0) is 20.2. The summed E-state index contributed by atoms with van der Waals surface area (Å²) in [4.78, 5) is 29.8. The summed E-state index contributed by atoms with van der Waals surface area (Å²) < 4.78 is 5.39. The molecule has 0 bridgehead atoms. The third-order valence-electron chi connectivity index (χ3n) is 4.82. The largest absolute Gasteiger partial charge is 0.366 e. The van der Waals surface area contributed by atoms with Crippen molar-refractivity contribution in [3.8, 4) is 0 Å². The Bertz CT molecular complexity index is 995. The fraction of sp³-hybridized carbons (Fsp3) is 0.238. The minimum atomic E-state index is -0.498. The lowest BCUT2D eigenvalue weighted by Gasteiger charge is -2.36. The maximum Gasteiger partial charge on any atom is 0.248 e. The summed E-state index contributed by atoms with van der Waals surface area (Å²) in [6, 6.07) is 16.5. The monoisotopic (exact) mass is 391 g/mol. The molecule has 2 amide bonds. The first-order valence-corrected chi connectivity index (χ1v) is 9.35. The van der Waals surface area contributed by atoms with Crippen molar-refractivity contribution in [2.75, 3.05) is 25.0 Å². The van der Waals surface area contributed by atoms with Gasteiger partial charge in [0.05, 0.1) is 12.5 Å². The lowest BCUT2D eigenvalue weighted by atomic mass is 10.0. The predicted molar refractivity (Wildman–Crippen MR) is 106 cm³/mol. The van der Waals surface area contributed by atoms with Gasteiger partial charge in [-0.25, -0.2) is 0 Å². The number of benzene rings is 2. The van der Waals surface area contributed by atoms with E-state index >= 15 is 0 Å². The molecule has 0 spiro atoms. The number of rotatable bonds is 7. The number of amides is 2. The van der Waals surface area contributed by atoms with Crippen molar-refractivity contribution in [2.45, 2.75) is 12.3 Å². The molecule has 1 fully saturated rings. The number of nitrogens with two attached hydrogens (primary N) is 1. The van der Waals surface area contributed by atoms with Crippen LogP contribution in [-0.2, 0) is 11.2 Å². The van der Waals surface area contributed by atoms with Crippen molar-refractivity contribution < 1.29 is 14.1 Å². The highest BCUT2D eigenvalue weighted by Crippen LogP contribution is 2.25. The molecule has 8 heteroatoms. The van der Waals surface area contributed by atoms with E-state index in [0.29, 0.717) is 42.5 Å². The van der Waals surface area contributed by atoms with Gasteiger partial charge in [-0.1, -0.05) is 35.5 Å². The zero-order valence-electron chi connectivity index (χ0n) is 15.7. The molecule has 4 rings (SSSR count). The predicted octanol–water partition coefficient (Wildman–Crippen LogP) is 1.80. The summed E-state index contributed by atoms with van der Waals surface area (Å²) in [5.41, 5.74) is 7.37. The van der Waals surface area contributed by atoms with Crippen molar-refractivity contribution in [3.05, 3.63) is 77.4 Å². The van der Waals surface area contributed by atoms with E-state index in [1.165, 1.54) is 0 Å². The van der Waals surface area contributed by atoms with Crippen molar-refractivity contribution in [1.29, 1.82) is 0 Å². The van der Waals surface area contributed by atoms with Crippen molar-refractivity contribution >= 4 is 17.5 Å². The van der Waals surface area contributed by atoms with Crippen molar-refractivity contribution in [3.63, 3.8) is 0 Å². The fourth-order valence-electron chi connectivity index (χ4n) is 3.26. The van der Waals surface area contributed by atoms with E-state index in [0.717, 1.165) is 5.56 Å². The first-order valence-electron chi connectivity index (χ1n) is 9.35. The number of anilines is 1. The molecule has 3 aromatic rings. The first kappa shape index (κ1) is 18.8. The van der Waals surface area contributed by atoms with Crippen LogP contribution in [0.2, 0.25) is 0 Å². The van der Waals surface area contributed by atoms with Gasteiger partial charge in [0.1, 0.15) is 0 Å². The Kier molecular flexibility index (Phi) is 5.35. The molecule has 29 heavy (non-hydrogen) atoms. The Morgan fingerprint density at radius 2 is 1.83 bits per heavy atom. The molecular formula is C21H21N5O3. The number of carbonyl (C=O) groups is 2. The zero-order valence-corrected chi connectivity index (χ0v) is 15.7. The highest BCUT2D eigenvalue weighted by Gasteiger charge is 2.33. The Morgan fingerprint density at radius 3 is 2.52 bits per heavy atom. The van der Waals surface area contributed by atoms with E-state index in [2.05, 4.69) is 15.5 Å². The fourth-order valence-corrected chi connectivity index (χ4v) is 3.26. The normalized spacial score (nSPS) is 14.3. The highest BCUT2D eigenvalue weighted by molar-refractivity contribution is 5.95. The van der Waals surface area contributed by atoms with Gasteiger partial charge < -0.3 is 15.6 Å². The Labute approximate surface area is 167 Å². The number of carbonyl (C=O) groups excluding carboxylic acids is 2. The maximum absolute atomic E-state index is 12.2. The molecular weight excluding hydrogens is 370 g/mol. The van der Waals surface area contributed by atoms with Gasteiger partial charge in [-0.2, -0.15) is 4.98 Å². The van der Waals surface area contributed by atoms with E-state index in [4.69, 9.17) is 10.3 Å². The molecule has 0 aliphatic carbocycles. The second-order valence-electron chi connectivity index (χ2n) is 7.09. The Morgan fingerprint density at radius 1 is 1.10 bits per heavy atom. The molecule has 1 saturated heterocycles. The van der Waals surface area contributed by atoms with Crippen LogP contribution in [0.5, 0.6) is 0 Å². The van der Waals surface area contributed by atoms with Crippen LogP contribution in [0.15, 0.2) is 59.1 Å². The molecule has 8 nitrogen and oxygen atoms in total. The number of hydrogen-bond donors (Lipinski definition) is 2. The molecule has 1 aliphatic rings. The summed E-state index contributed by atoms with van der Waals surface area (Å²) in [5.74, 6) is 0.819. The average molecular weight is 391 g/mol. The molecule has 3 N–H and O–H groups in total. The van der Waals surface area contributed by atoms with E-state index in [1.54, 1.807) is 24.3 Å². The number of nitrogens with zero attached hydrogens (tertiary/aromatic N) is 3. The van der Waals surface area contributed by atoms with Crippen LogP contribution in [-0.4, -0.2) is 46.5 Å². The summed E-state index contributed by atoms with van der Waals surface area (Å²) in [5, 5.41) is 6.87. The van der Waals surface area contributed by atoms with Crippen molar-refractivity contribution in [2.24, 2.45) is 5.73 Å². The van der Waals surface area contributed by atoms with Gasteiger partial charge in [-0.3, -0.25) is 14.5 Å². The second kappa shape index (κ2) is 8.24. The van der Waals surface area contributed by atoms with Crippen LogP contribution in [0, 0.1) is 0 Å². The van der Waals surface area contributed by atoms with Crippen LogP contribution in [0.4, 0.5) is 5.69 Å². The average Bonchev–Trinajstić information content (AvgIpc) is 3.13. The van der Waals surface area contributed by atoms with Gasteiger partial charge in [-0.15, -0.1) is 0 Å². The smallest absolute Gasteiger partial charge is 0.248 e. The van der Waals surface area contributed by atoms with Gasteiger partial charge in [0.25, 0.3) is 0 Å². The van der Waals surface area contributed by atoms with Crippen LogP contribution in [0.3, 0.4) is 0 Å². The van der Waals surface area contributed by atoms with Crippen LogP contribution in [0.25, 0.3) is 0 Å². The summed E-state index contributed by atoms with van der Waals surface area (Å²) >= 11 is 0. The molecule has 2 heterocycles. The number of aromatic nitrogens is 2. The lowest BCUT2D eigenvalue weighted by Crippen LogP contribution is -2.48. The molecule has 0 unspecified atom stereocenters. The number of likely N-dealkylation sites (tertiary alicyclic amines) is 1. The molecule has 0 atom stereocenters. The third kappa shape index (κ3) is 4.67. The third-order valence-corrected chi connectivity index (χ3v) is 4.82. The Balaban J connectivity index is 1.24. The molecule has 1 aromatic heterocycles. The summed E-state index contributed by atoms with van der Waals surface area (Å²) in [7, 11) is 0. The number of nitrogens with one attached hydrogen (secondary N) is 1. The van der Waals surface area contributed by atoms with E-state index in [9.17, 15) is 9.59 Å². The summed E-state index contributed by atoms with van der Waals surface area (Å²) in [6.07, 6.45) is 0.637. The maximum atomic E-state index is 12.2. The van der Waals surface area contributed by atoms with Crippen molar-refractivity contribution in [1.82, 2.24) is 15.0 Å². The number of hydrogen-bond acceptors (Lipinski definition) is 6. The van der Waals surface area contributed by atoms with Gasteiger partial charge in [-0.05, 0) is 29.8 Å². The second-order valence-corrected chi connectivity index (χ2v) is 7.09. The van der Waals surface area contributed by atoms with Gasteiger partial charge in [0.2, 0.25) is 17.7 Å². The van der Waals surface area contributed by atoms with Crippen LogP contribution in [0.1, 0.15) is 33.6 Å². The lowest BCUT2D eigenvalue weighted by molar-refractivity contribution is -0.118. The Hall–Kier alpha value is -3.52. The molecule has 0 saturated carbocycles. The van der Waals surface area contributed by atoms with Gasteiger partial charge in [0.15, 0.2) is 5.82 Å². The van der Waals surface area contributed by atoms with Gasteiger partial charge in [0, 0.05) is 30.8 Å². The molecule has 1 aliphatic heterocycles.